The molecule has 2 aromatic rings. The van der Waals surface area contributed by atoms with Gasteiger partial charge in [-0.3, -0.25) is 4.79 Å². The summed E-state index contributed by atoms with van der Waals surface area (Å²) in [6.07, 6.45) is 1.79. The van der Waals surface area contributed by atoms with E-state index in [9.17, 15) is 14.3 Å². The second kappa shape index (κ2) is 9.90. The maximum Gasteiger partial charge on any atom is 0.303 e. The molecule has 1 unspecified atom stereocenters. The van der Waals surface area contributed by atoms with Gasteiger partial charge in [0.1, 0.15) is 5.82 Å². The second-order valence-corrected chi connectivity index (χ2v) is 9.84. The van der Waals surface area contributed by atoms with E-state index >= 15 is 0 Å². The first-order valence-electron chi connectivity index (χ1n) is 11.3. The summed E-state index contributed by atoms with van der Waals surface area (Å²) in [6, 6.07) is 9.17. The molecule has 0 fully saturated rings. The van der Waals surface area contributed by atoms with Gasteiger partial charge in [0.05, 0.1) is 6.10 Å². The van der Waals surface area contributed by atoms with Crippen molar-refractivity contribution in [1.29, 1.82) is 0 Å². The highest BCUT2D eigenvalue weighted by Crippen LogP contribution is 2.34. The summed E-state index contributed by atoms with van der Waals surface area (Å²) in [6.45, 7) is 10.4. The fourth-order valence-corrected chi connectivity index (χ4v) is 4.17. The van der Waals surface area contributed by atoms with Gasteiger partial charge in [-0.15, -0.1) is 0 Å². The Balaban J connectivity index is 1.74. The zero-order chi connectivity index (χ0) is 23.5. The average Bonchev–Trinajstić information content (AvgIpc) is 2.72. The molecule has 0 saturated carbocycles. The lowest BCUT2D eigenvalue weighted by atomic mass is 9.87. The number of rotatable bonds is 8. The Morgan fingerprint density at radius 3 is 2.59 bits per heavy atom. The molecule has 174 valence electrons. The second-order valence-electron chi connectivity index (χ2n) is 9.84. The van der Waals surface area contributed by atoms with Crippen LogP contribution >= 0.6 is 0 Å². The van der Waals surface area contributed by atoms with Crippen LogP contribution in [-0.4, -0.2) is 35.4 Å². The van der Waals surface area contributed by atoms with Crippen LogP contribution in [0.5, 0.6) is 0 Å². The Hall–Kier alpha value is -2.60. The minimum Gasteiger partial charge on any atom is -0.481 e. The monoisotopic (exact) mass is 442 g/mol. The standard InChI is InChI=1S/C26H35FN2O3/c1-17-20(15-28-21-11-9-18(22(27)14-21)10-12-24(31)32)8-7-19-6-5-13-29(25(17)19)16-23(30)26(2,3)4/h7-9,11,14,23,28,30H,5-6,10,12-13,15-16H2,1-4H3,(H,31,32). The summed E-state index contributed by atoms with van der Waals surface area (Å²) in [7, 11) is 0. The molecule has 1 heterocycles. The van der Waals surface area contributed by atoms with Crippen LogP contribution < -0.4 is 10.2 Å². The Bertz CT molecular complexity index is 968. The number of aliphatic carboxylic acids is 1. The van der Waals surface area contributed by atoms with E-state index in [1.54, 1.807) is 12.1 Å². The number of hydrogen-bond donors (Lipinski definition) is 3. The van der Waals surface area contributed by atoms with Crippen molar-refractivity contribution in [3.8, 4) is 0 Å². The molecule has 2 aromatic carbocycles. The molecule has 5 nitrogen and oxygen atoms in total. The lowest BCUT2D eigenvalue weighted by molar-refractivity contribution is -0.136. The van der Waals surface area contributed by atoms with E-state index < -0.39 is 12.1 Å². The Morgan fingerprint density at radius 1 is 1.22 bits per heavy atom. The molecule has 0 spiro atoms. The van der Waals surface area contributed by atoms with E-state index in [1.165, 1.54) is 22.9 Å². The lowest BCUT2D eigenvalue weighted by Crippen LogP contribution is -2.42. The molecule has 0 radical (unpaired) electrons. The number of hydrogen-bond acceptors (Lipinski definition) is 4. The minimum atomic E-state index is -0.932. The van der Waals surface area contributed by atoms with Gasteiger partial charge in [-0.05, 0) is 66.0 Å². The van der Waals surface area contributed by atoms with Crippen LogP contribution in [0.25, 0.3) is 0 Å². The highest BCUT2D eigenvalue weighted by atomic mass is 19.1. The predicted octanol–water partition coefficient (Wildman–Crippen LogP) is 4.92. The zero-order valence-corrected chi connectivity index (χ0v) is 19.5. The first-order chi connectivity index (χ1) is 15.1. The van der Waals surface area contributed by atoms with Crippen molar-refractivity contribution in [2.75, 3.05) is 23.3 Å². The zero-order valence-electron chi connectivity index (χ0n) is 19.5. The fraction of sp³-hybridized carbons (Fsp3) is 0.500. The maximum atomic E-state index is 14.3. The third-order valence-electron chi connectivity index (χ3n) is 6.35. The number of aryl methyl sites for hydroxylation is 2. The molecular weight excluding hydrogens is 407 g/mol. The number of β-amino-alcohol motifs (C(OH)–C–C–N with tert-alkyl or cyclic N) is 1. The van der Waals surface area contributed by atoms with Gasteiger partial charge in [-0.1, -0.05) is 39.0 Å². The van der Waals surface area contributed by atoms with Crippen molar-refractivity contribution in [3.05, 3.63) is 58.4 Å². The van der Waals surface area contributed by atoms with Crippen molar-refractivity contribution in [3.63, 3.8) is 0 Å². The van der Waals surface area contributed by atoms with E-state index in [4.69, 9.17) is 5.11 Å². The van der Waals surface area contributed by atoms with Crippen LogP contribution in [0.15, 0.2) is 30.3 Å². The number of nitrogens with one attached hydrogen (secondary N) is 1. The quantitative estimate of drug-likeness (QED) is 0.541. The number of fused-ring (bicyclic) bond motifs is 1. The molecule has 0 saturated heterocycles. The van der Waals surface area contributed by atoms with Gasteiger partial charge in [0, 0.05) is 37.4 Å². The molecule has 0 bridgehead atoms. The molecule has 0 amide bonds. The summed E-state index contributed by atoms with van der Waals surface area (Å²) in [5.74, 6) is -1.32. The highest BCUT2D eigenvalue weighted by Gasteiger charge is 2.28. The van der Waals surface area contributed by atoms with Gasteiger partial charge in [-0.25, -0.2) is 4.39 Å². The molecule has 3 rings (SSSR count). The van der Waals surface area contributed by atoms with Gasteiger partial charge in [0.2, 0.25) is 0 Å². The van der Waals surface area contributed by atoms with E-state index in [-0.39, 0.29) is 24.1 Å². The smallest absolute Gasteiger partial charge is 0.303 e. The number of benzene rings is 2. The van der Waals surface area contributed by atoms with Gasteiger partial charge >= 0.3 is 5.97 Å². The van der Waals surface area contributed by atoms with Crippen LogP contribution in [0.4, 0.5) is 15.8 Å². The normalized spacial score (nSPS) is 14.8. The van der Waals surface area contributed by atoms with Crippen LogP contribution in [0, 0.1) is 18.2 Å². The van der Waals surface area contributed by atoms with Gasteiger partial charge in [0.25, 0.3) is 0 Å². The number of carboxylic acid groups (broad SMARTS) is 1. The summed E-state index contributed by atoms with van der Waals surface area (Å²) in [5.41, 5.74) is 5.76. The van der Waals surface area contributed by atoms with Crippen molar-refractivity contribution in [1.82, 2.24) is 0 Å². The molecule has 6 heteroatoms. The van der Waals surface area contributed by atoms with Crippen molar-refractivity contribution in [2.24, 2.45) is 5.41 Å². The Labute approximate surface area is 190 Å². The van der Waals surface area contributed by atoms with Crippen LogP contribution in [0.3, 0.4) is 0 Å². The first kappa shape index (κ1) is 24.1. The maximum absolute atomic E-state index is 14.3. The van der Waals surface area contributed by atoms with Crippen LogP contribution in [0.1, 0.15) is 55.9 Å². The number of carbonyl (C=O) groups is 1. The first-order valence-corrected chi connectivity index (χ1v) is 11.3. The average molecular weight is 443 g/mol. The highest BCUT2D eigenvalue weighted by molar-refractivity contribution is 5.67. The number of nitrogens with zero attached hydrogens (tertiary/aromatic N) is 1. The summed E-state index contributed by atoms with van der Waals surface area (Å²) in [4.78, 5) is 13.0. The molecule has 1 aliphatic heterocycles. The van der Waals surface area contributed by atoms with E-state index in [0.717, 1.165) is 24.9 Å². The molecular formula is C26H35FN2O3. The largest absolute Gasteiger partial charge is 0.481 e. The summed E-state index contributed by atoms with van der Waals surface area (Å²) in [5, 5.41) is 22.8. The lowest BCUT2D eigenvalue weighted by Gasteiger charge is -2.38. The van der Waals surface area contributed by atoms with Gasteiger partial charge in [-0.2, -0.15) is 0 Å². The van der Waals surface area contributed by atoms with Gasteiger partial charge < -0.3 is 20.4 Å². The topological polar surface area (TPSA) is 72.8 Å². The molecule has 0 aliphatic carbocycles. The molecule has 1 atom stereocenters. The number of carboxylic acids is 1. The SMILES string of the molecule is Cc1c(CNc2ccc(CCC(=O)O)c(F)c2)ccc2c1N(CC(O)C(C)(C)C)CCC2. The van der Waals surface area contributed by atoms with Gasteiger partial charge in [0.15, 0.2) is 0 Å². The van der Waals surface area contributed by atoms with Crippen molar-refractivity contribution < 1.29 is 19.4 Å². The number of halogens is 1. The summed E-state index contributed by atoms with van der Waals surface area (Å²) >= 11 is 0. The molecule has 0 aromatic heterocycles. The number of aliphatic hydroxyl groups excluding tert-OH is 1. The number of anilines is 2. The predicted molar refractivity (Wildman–Crippen MR) is 127 cm³/mol. The van der Waals surface area contributed by atoms with Crippen LogP contribution in [-0.2, 0) is 24.2 Å². The molecule has 32 heavy (non-hydrogen) atoms. The Kier molecular flexibility index (Phi) is 7.44. The van der Waals surface area contributed by atoms with Crippen LogP contribution in [0.2, 0.25) is 0 Å². The molecule has 1 aliphatic rings. The third kappa shape index (κ3) is 5.80. The van der Waals surface area contributed by atoms with E-state index in [1.807, 2.05) is 0 Å². The fourth-order valence-electron chi connectivity index (χ4n) is 4.17. The summed E-state index contributed by atoms with van der Waals surface area (Å²) < 4.78 is 14.3. The Morgan fingerprint density at radius 2 is 1.94 bits per heavy atom. The van der Waals surface area contributed by atoms with Crippen molar-refractivity contribution in [2.45, 2.75) is 66.0 Å². The third-order valence-corrected chi connectivity index (χ3v) is 6.35. The van der Waals surface area contributed by atoms with E-state index in [2.05, 4.69) is 50.0 Å². The molecule has 3 N–H and O–H groups in total. The van der Waals surface area contributed by atoms with E-state index in [0.29, 0.717) is 24.3 Å². The van der Waals surface area contributed by atoms with Crippen molar-refractivity contribution >= 4 is 17.3 Å². The number of aliphatic hydroxyl groups is 1. The minimum absolute atomic E-state index is 0.0849.